The van der Waals surface area contributed by atoms with Crippen LogP contribution in [0.3, 0.4) is 0 Å². The van der Waals surface area contributed by atoms with Gasteiger partial charge in [0.2, 0.25) is 25.8 Å². The topological polar surface area (TPSA) is 156 Å². The number of sulfonamides is 2. The van der Waals surface area contributed by atoms with Crippen LogP contribution in [0.2, 0.25) is 8.67 Å². The minimum absolute atomic E-state index is 0.0242. The van der Waals surface area contributed by atoms with Gasteiger partial charge >= 0.3 is 0 Å². The Bertz CT molecular complexity index is 1180. The van der Waals surface area contributed by atoms with Crippen molar-refractivity contribution in [2.24, 2.45) is 10.3 Å². The first-order valence-corrected chi connectivity index (χ1v) is 15.6. The number of hydrogen-bond donors (Lipinski definition) is 2. The summed E-state index contributed by atoms with van der Waals surface area (Å²) in [6.45, 7) is 0.784. The quantitative estimate of drug-likeness (QED) is 0.350. The van der Waals surface area contributed by atoms with Crippen LogP contribution >= 0.6 is 77.7 Å². The van der Waals surface area contributed by atoms with Crippen molar-refractivity contribution in [2.75, 3.05) is 23.9 Å². The third-order valence-corrected chi connectivity index (χ3v) is 10.3. The third kappa shape index (κ3) is 6.70. The van der Waals surface area contributed by atoms with E-state index in [4.69, 9.17) is 43.0 Å². The largest absolute Gasteiger partial charge is 0.343 e. The molecule has 2 aromatic heterocycles. The highest BCUT2D eigenvalue weighted by Gasteiger charge is 2.42. The summed E-state index contributed by atoms with van der Waals surface area (Å²) < 4.78 is 56.4. The lowest BCUT2D eigenvalue weighted by Crippen LogP contribution is -2.31. The Balaban J connectivity index is 0.000000225. The molecule has 31 heavy (non-hydrogen) atoms. The average molecular weight is 681 g/mol. The number of nitrogens with two attached hydrogens (primary N) is 2. The molecule has 0 saturated carbocycles. The molecule has 1 saturated heterocycles. The highest BCUT2D eigenvalue weighted by molar-refractivity contribution is 9.09. The standard InChI is InChI=1S/C8H9BrClNO4S2.C6H5BrClNO3S2/c9-4-8(14-1-2-15-8)5-3-6(10)16-7(5)17(11,12)13;7-2-4(10)3-1-5(8)13-6(3)14(9,11)12/h3H,1-2,4H2,(H2,11,12,13);1H,2H2,(H2,9,11,12). The maximum absolute atomic E-state index is 11.5. The van der Waals surface area contributed by atoms with Crippen LogP contribution < -0.4 is 10.3 Å². The summed E-state index contributed by atoms with van der Waals surface area (Å²) in [7, 11) is -7.72. The van der Waals surface area contributed by atoms with Crippen molar-refractivity contribution < 1.29 is 31.1 Å². The van der Waals surface area contributed by atoms with Crippen LogP contribution in [0.1, 0.15) is 15.9 Å². The molecule has 9 nitrogen and oxygen atoms in total. The smallest absolute Gasteiger partial charge is 0.248 e. The van der Waals surface area contributed by atoms with Gasteiger partial charge in [0.15, 0.2) is 5.78 Å². The van der Waals surface area contributed by atoms with Gasteiger partial charge in [-0.25, -0.2) is 27.1 Å². The summed E-state index contributed by atoms with van der Waals surface area (Å²) >= 11 is 19.3. The molecule has 0 unspecified atom stereocenters. The Kier molecular flexibility index (Phi) is 9.56. The predicted molar refractivity (Wildman–Crippen MR) is 127 cm³/mol. The molecule has 0 radical (unpaired) electrons. The van der Waals surface area contributed by atoms with E-state index in [1.807, 2.05) is 0 Å². The first-order chi connectivity index (χ1) is 14.2. The fourth-order valence-electron chi connectivity index (χ4n) is 2.40. The molecule has 3 rings (SSSR count). The lowest BCUT2D eigenvalue weighted by Gasteiger charge is -2.24. The molecule has 3 heterocycles. The molecule has 1 aliphatic rings. The van der Waals surface area contributed by atoms with Crippen LogP contribution in [-0.2, 0) is 35.3 Å². The molecule has 2 aromatic rings. The second kappa shape index (κ2) is 10.7. The highest BCUT2D eigenvalue weighted by Crippen LogP contribution is 2.42. The van der Waals surface area contributed by atoms with Crippen LogP contribution in [0.15, 0.2) is 20.6 Å². The number of primary sulfonamides is 2. The Morgan fingerprint density at radius 2 is 1.48 bits per heavy atom. The lowest BCUT2D eigenvalue weighted by atomic mass is 10.2. The molecular formula is C14H14Br2Cl2N2O7S4. The number of Topliss-reactive ketones (excluding diaryl/α,β-unsaturated/α-hetero) is 1. The molecule has 174 valence electrons. The first kappa shape index (κ1) is 27.6. The van der Waals surface area contributed by atoms with Crippen LogP contribution in [-0.4, -0.2) is 46.5 Å². The summed E-state index contributed by atoms with van der Waals surface area (Å²) in [6.07, 6.45) is 0. The summed E-state index contributed by atoms with van der Waals surface area (Å²) in [5.74, 6) is -1.48. The molecule has 0 amide bonds. The number of carbonyl (C=O) groups excluding carboxylic acids is 1. The van der Waals surface area contributed by atoms with E-state index >= 15 is 0 Å². The van der Waals surface area contributed by atoms with Crippen molar-refractivity contribution in [2.45, 2.75) is 14.2 Å². The molecule has 0 aromatic carbocycles. The molecule has 0 spiro atoms. The lowest BCUT2D eigenvalue weighted by molar-refractivity contribution is -0.145. The van der Waals surface area contributed by atoms with Crippen LogP contribution in [0, 0.1) is 0 Å². The van der Waals surface area contributed by atoms with Crippen molar-refractivity contribution in [3.05, 3.63) is 31.9 Å². The van der Waals surface area contributed by atoms with E-state index in [0.717, 1.165) is 22.7 Å². The number of alkyl halides is 2. The van der Waals surface area contributed by atoms with Gasteiger partial charge in [-0.1, -0.05) is 55.1 Å². The Morgan fingerprint density at radius 3 is 1.94 bits per heavy atom. The van der Waals surface area contributed by atoms with Crippen molar-refractivity contribution in [1.82, 2.24) is 0 Å². The van der Waals surface area contributed by atoms with Crippen molar-refractivity contribution in [3.8, 4) is 0 Å². The van der Waals surface area contributed by atoms with E-state index in [9.17, 15) is 21.6 Å². The van der Waals surface area contributed by atoms with Gasteiger partial charge in [-0.2, -0.15) is 0 Å². The summed E-state index contributed by atoms with van der Waals surface area (Å²) in [5.41, 5.74) is 0.392. The second-order valence-corrected chi connectivity index (χ2v) is 13.7. The van der Waals surface area contributed by atoms with E-state index in [1.54, 1.807) is 0 Å². The molecule has 0 atom stereocenters. The minimum atomic E-state index is -3.88. The minimum Gasteiger partial charge on any atom is -0.343 e. The Labute approximate surface area is 213 Å². The van der Waals surface area contributed by atoms with Crippen LogP contribution in [0.5, 0.6) is 0 Å². The molecular weight excluding hydrogens is 667 g/mol. The Morgan fingerprint density at radius 1 is 1.00 bits per heavy atom. The fourth-order valence-corrected chi connectivity index (χ4v) is 8.07. The van der Waals surface area contributed by atoms with Gasteiger partial charge in [0.1, 0.15) is 8.42 Å². The third-order valence-electron chi connectivity index (χ3n) is 3.61. The van der Waals surface area contributed by atoms with Gasteiger partial charge in [0.05, 0.1) is 38.1 Å². The number of halogens is 4. The Hall–Kier alpha value is 0.350. The van der Waals surface area contributed by atoms with Crippen molar-refractivity contribution in [1.29, 1.82) is 0 Å². The van der Waals surface area contributed by atoms with E-state index in [0.29, 0.717) is 28.4 Å². The molecule has 0 aliphatic carbocycles. The van der Waals surface area contributed by atoms with Gasteiger partial charge < -0.3 is 9.47 Å². The monoisotopic (exact) mass is 678 g/mol. The highest BCUT2D eigenvalue weighted by atomic mass is 79.9. The van der Waals surface area contributed by atoms with Crippen LogP contribution in [0.4, 0.5) is 0 Å². The van der Waals surface area contributed by atoms with Gasteiger partial charge in [-0.05, 0) is 12.1 Å². The van der Waals surface area contributed by atoms with Crippen molar-refractivity contribution >= 4 is 104 Å². The zero-order chi connectivity index (χ0) is 23.6. The van der Waals surface area contributed by atoms with Gasteiger partial charge in [-0.15, -0.1) is 22.7 Å². The molecule has 1 fully saturated rings. The van der Waals surface area contributed by atoms with Crippen LogP contribution in [0.25, 0.3) is 0 Å². The maximum Gasteiger partial charge on any atom is 0.248 e. The molecule has 0 bridgehead atoms. The molecule has 4 N–H and O–H groups in total. The summed E-state index contributed by atoms with van der Waals surface area (Å²) in [4.78, 5) is 11.3. The SMILES string of the molecule is NS(=O)(=O)c1sc(Cl)cc1C(=O)CBr.NS(=O)(=O)c1sc(Cl)cc1C1(CBr)OCCO1. The number of rotatable bonds is 6. The average Bonchev–Trinajstić information content (AvgIpc) is 3.38. The first-order valence-electron chi connectivity index (χ1n) is 7.83. The van der Waals surface area contributed by atoms with E-state index in [2.05, 4.69) is 31.9 Å². The number of carbonyl (C=O) groups is 1. The fraction of sp³-hybridized carbons (Fsp3) is 0.357. The van der Waals surface area contributed by atoms with Gasteiger partial charge in [-0.3, -0.25) is 4.79 Å². The predicted octanol–water partition coefficient (Wildman–Crippen LogP) is 3.27. The van der Waals surface area contributed by atoms with Crippen molar-refractivity contribution in [3.63, 3.8) is 0 Å². The second-order valence-electron chi connectivity index (χ2n) is 5.73. The summed E-state index contributed by atoms with van der Waals surface area (Å²) in [5, 5.41) is 10.4. The van der Waals surface area contributed by atoms with Gasteiger partial charge in [0.25, 0.3) is 0 Å². The normalized spacial score (nSPS) is 16.1. The summed E-state index contributed by atoms with van der Waals surface area (Å²) in [6, 6.07) is 2.81. The van der Waals surface area contributed by atoms with E-state index < -0.39 is 25.8 Å². The van der Waals surface area contributed by atoms with Gasteiger partial charge in [0, 0.05) is 5.56 Å². The number of ketones is 1. The maximum atomic E-state index is 11.5. The zero-order valence-electron chi connectivity index (χ0n) is 15.1. The van der Waals surface area contributed by atoms with E-state index in [-0.39, 0.29) is 29.4 Å². The number of ether oxygens (including phenoxy) is 2. The number of hydrogen-bond acceptors (Lipinski definition) is 9. The zero-order valence-corrected chi connectivity index (χ0v) is 23.1. The number of thiophene rings is 2. The molecule has 17 heteroatoms. The van der Waals surface area contributed by atoms with E-state index in [1.165, 1.54) is 12.1 Å². The molecule has 1 aliphatic heterocycles.